The van der Waals surface area contributed by atoms with Gasteiger partial charge in [-0.1, -0.05) is 6.07 Å². The molecule has 0 unspecified atom stereocenters. The van der Waals surface area contributed by atoms with Crippen LogP contribution >= 0.6 is 0 Å². The summed E-state index contributed by atoms with van der Waals surface area (Å²) < 4.78 is 12.5. The molecule has 2 aromatic carbocycles. The van der Waals surface area contributed by atoms with Gasteiger partial charge in [0.05, 0.1) is 5.69 Å². The van der Waals surface area contributed by atoms with Gasteiger partial charge in [-0.2, -0.15) is 5.10 Å². The third kappa shape index (κ3) is 3.13. The number of carbonyl (C=O) groups excluding carboxylic acids is 1. The minimum absolute atomic E-state index is 0.00261. The van der Waals surface area contributed by atoms with E-state index in [2.05, 4.69) is 5.10 Å². The van der Waals surface area contributed by atoms with E-state index < -0.39 is 0 Å². The zero-order chi connectivity index (χ0) is 17.9. The Labute approximate surface area is 151 Å². The second-order valence-electron chi connectivity index (χ2n) is 6.00. The molecule has 2 heterocycles. The summed E-state index contributed by atoms with van der Waals surface area (Å²) in [6.45, 7) is 3.36. The van der Waals surface area contributed by atoms with Crippen molar-refractivity contribution < 1.29 is 14.3 Å². The van der Waals surface area contributed by atoms with Crippen LogP contribution in [-0.4, -0.2) is 33.9 Å². The Balaban J connectivity index is 1.50. The number of fused-ring (bicyclic) bond motifs is 1. The Morgan fingerprint density at radius 2 is 1.96 bits per heavy atom. The van der Waals surface area contributed by atoms with Crippen LogP contribution in [0.4, 0.5) is 0 Å². The van der Waals surface area contributed by atoms with E-state index in [0.717, 1.165) is 22.7 Å². The third-order valence-corrected chi connectivity index (χ3v) is 4.36. The smallest absolute Gasteiger partial charge is 0.254 e. The van der Waals surface area contributed by atoms with E-state index in [0.29, 0.717) is 18.7 Å². The SMILES string of the molecule is CCN(Cc1ccc2c(c1)OCO2)C(=O)c1ccc(-n2cccn2)cc1. The van der Waals surface area contributed by atoms with Crippen LogP contribution in [0.2, 0.25) is 0 Å². The highest BCUT2D eigenvalue weighted by molar-refractivity contribution is 5.94. The minimum atomic E-state index is -0.00261. The topological polar surface area (TPSA) is 56.6 Å². The molecule has 1 aliphatic rings. The van der Waals surface area contributed by atoms with Crippen molar-refractivity contribution in [3.63, 3.8) is 0 Å². The second kappa shape index (κ2) is 6.92. The van der Waals surface area contributed by atoms with Crippen molar-refractivity contribution in [2.24, 2.45) is 0 Å². The van der Waals surface area contributed by atoms with Gasteiger partial charge in [0, 0.05) is 31.0 Å². The molecule has 6 nitrogen and oxygen atoms in total. The number of ether oxygens (including phenoxy) is 2. The third-order valence-electron chi connectivity index (χ3n) is 4.36. The van der Waals surface area contributed by atoms with Crippen LogP contribution in [0.1, 0.15) is 22.8 Å². The van der Waals surface area contributed by atoms with Crippen LogP contribution in [0.25, 0.3) is 5.69 Å². The van der Waals surface area contributed by atoms with Gasteiger partial charge in [0.25, 0.3) is 5.91 Å². The predicted molar refractivity (Wildman–Crippen MR) is 96.5 cm³/mol. The number of carbonyl (C=O) groups is 1. The standard InChI is InChI=1S/C20H19N3O3/c1-2-22(13-15-4-9-18-19(12-15)26-14-25-18)20(24)16-5-7-17(8-6-16)23-11-3-10-21-23/h3-12H,2,13-14H2,1H3. The van der Waals surface area contributed by atoms with E-state index in [4.69, 9.17) is 9.47 Å². The fourth-order valence-electron chi connectivity index (χ4n) is 2.95. The Kier molecular flexibility index (Phi) is 4.31. The van der Waals surface area contributed by atoms with Crippen molar-refractivity contribution >= 4 is 5.91 Å². The maximum atomic E-state index is 12.9. The number of hydrogen-bond acceptors (Lipinski definition) is 4. The number of benzene rings is 2. The van der Waals surface area contributed by atoms with Crippen LogP contribution < -0.4 is 9.47 Å². The minimum Gasteiger partial charge on any atom is -0.454 e. The summed E-state index contributed by atoms with van der Waals surface area (Å²) in [4.78, 5) is 14.7. The normalized spacial score (nSPS) is 12.2. The lowest BCUT2D eigenvalue weighted by Gasteiger charge is -2.21. The molecule has 0 N–H and O–H groups in total. The Hall–Kier alpha value is -3.28. The van der Waals surface area contributed by atoms with Gasteiger partial charge < -0.3 is 14.4 Å². The number of aromatic nitrogens is 2. The molecule has 26 heavy (non-hydrogen) atoms. The van der Waals surface area contributed by atoms with Gasteiger partial charge in [0.2, 0.25) is 6.79 Å². The van der Waals surface area contributed by atoms with Crippen LogP contribution in [0.3, 0.4) is 0 Å². The molecule has 0 spiro atoms. The number of amides is 1. The fourth-order valence-corrected chi connectivity index (χ4v) is 2.95. The molecular weight excluding hydrogens is 330 g/mol. The van der Waals surface area contributed by atoms with Crippen molar-refractivity contribution in [1.29, 1.82) is 0 Å². The van der Waals surface area contributed by atoms with Gasteiger partial charge >= 0.3 is 0 Å². The summed E-state index contributed by atoms with van der Waals surface area (Å²) in [6, 6.07) is 15.1. The van der Waals surface area contributed by atoms with Crippen LogP contribution in [0.15, 0.2) is 60.9 Å². The zero-order valence-electron chi connectivity index (χ0n) is 14.5. The highest BCUT2D eigenvalue weighted by Crippen LogP contribution is 2.32. The second-order valence-corrected chi connectivity index (χ2v) is 6.00. The van der Waals surface area contributed by atoms with Gasteiger partial charge in [0.1, 0.15) is 0 Å². The Morgan fingerprint density at radius 3 is 2.69 bits per heavy atom. The van der Waals surface area contributed by atoms with Crippen molar-refractivity contribution in [3.05, 3.63) is 72.1 Å². The molecule has 0 fully saturated rings. The molecule has 0 saturated heterocycles. The molecular formula is C20H19N3O3. The molecule has 0 saturated carbocycles. The molecule has 0 aliphatic carbocycles. The quantitative estimate of drug-likeness (QED) is 0.709. The van der Waals surface area contributed by atoms with E-state index in [-0.39, 0.29) is 12.7 Å². The Morgan fingerprint density at radius 1 is 1.15 bits per heavy atom. The first-order chi connectivity index (χ1) is 12.7. The average molecular weight is 349 g/mol. The Bertz CT molecular complexity index is 905. The maximum Gasteiger partial charge on any atom is 0.254 e. The predicted octanol–water partition coefficient (Wildman–Crippen LogP) is 3.26. The molecule has 0 atom stereocenters. The largest absolute Gasteiger partial charge is 0.454 e. The van der Waals surface area contributed by atoms with E-state index in [1.165, 1.54) is 0 Å². The highest BCUT2D eigenvalue weighted by Gasteiger charge is 2.18. The molecule has 4 rings (SSSR count). The zero-order valence-corrected chi connectivity index (χ0v) is 14.5. The van der Waals surface area contributed by atoms with Gasteiger partial charge in [-0.15, -0.1) is 0 Å². The fraction of sp³-hybridized carbons (Fsp3) is 0.200. The first kappa shape index (κ1) is 16.2. The summed E-state index contributed by atoms with van der Waals surface area (Å²) in [7, 11) is 0. The molecule has 6 heteroatoms. The van der Waals surface area contributed by atoms with Gasteiger partial charge in [-0.05, 0) is 55.0 Å². The molecule has 0 bridgehead atoms. The first-order valence-electron chi connectivity index (χ1n) is 8.52. The van der Waals surface area contributed by atoms with Gasteiger partial charge in [-0.3, -0.25) is 4.79 Å². The number of nitrogens with zero attached hydrogens (tertiary/aromatic N) is 3. The summed E-state index contributed by atoms with van der Waals surface area (Å²) in [5.74, 6) is 1.48. The lowest BCUT2D eigenvalue weighted by molar-refractivity contribution is 0.0752. The van der Waals surface area contributed by atoms with Crippen molar-refractivity contribution in [2.45, 2.75) is 13.5 Å². The van der Waals surface area contributed by atoms with E-state index in [1.807, 2.05) is 61.7 Å². The van der Waals surface area contributed by atoms with Crippen LogP contribution in [0, 0.1) is 0 Å². The summed E-state index contributed by atoms with van der Waals surface area (Å²) >= 11 is 0. The molecule has 1 aliphatic heterocycles. The van der Waals surface area contributed by atoms with E-state index in [9.17, 15) is 4.79 Å². The monoisotopic (exact) mass is 349 g/mol. The van der Waals surface area contributed by atoms with Gasteiger partial charge in [-0.25, -0.2) is 4.68 Å². The summed E-state index contributed by atoms with van der Waals surface area (Å²) in [5.41, 5.74) is 2.59. The molecule has 1 amide bonds. The lowest BCUT2D eigenvalue weighted by Crippen LogP contribution is -2.30. The average Bonchev–Trinajstić information content (AvgIpc) is 3.37. The first-order valence-corrected chi connectivity index (χ1v) is 8.52. The van der Waals surface area contributed by atoms with E-state index in [1.54, 1.807) is 15.8 Å². The highest BCUT2D eigenvalue weighted by atomic mass is 16.7. The number of hydrogen-bond donors (Lipinski definition) is 0. The van der Waals surface area contributed by atoms with Crippen LogP contribution in [0.5, 0.6) is 11.5 Å². The van der Waals surface area contributed by atoms with Crippen molar-refractivity contribution in [2.75, 3.05) is 13.3 Å². The summed E-state index contributed by atoms with van der Waals surface area (Å²) in [6.07, 6.45) is 3.60. The van der Waals surface area contributed by atoms with Gasteiger partial charge in [0.15, 0.2) is 11.5 Å². The molecule has 0 radical (unpaired) electrons. The molecule has 132 valence electrons. The lowest BCUT2D eigenvalue weighted by atomic mass is 10.1. The van der Waals surface area contributed by atoms with Crippen molar-refractivity contribution in [1.82, 2.24) is 14.7 Å². The van der Waals surface area contributed by atoms with Crippen LogP contribution in [-0.2, 0) is 6.54 Å². The van der Waals surface area contributed by atoms with E-state index >= 15 is 0 Å². The summed E-state index contributed by atoms with van der Waals surface area (Å²) in [5, 5.41) is 4.20. The molecule has 1 aromatic heterocycles. The number of rotatable bonds is 5. The maximum absolute atomic E-state index is 12.9. The van der Waals surface area contributed by atoms with Crippen molar-refractivity contribution in [3.8, 4) is 17.2 Å². The molecule has 3 aromatic rings.